The zero-order valence-electron chi connectivity index (χ0n) is 14.5. The number of rotatable bonds is 9. The van der Waals surface area contributed by atoms with Crippen LogP contribution in [0.2, 0.25) is 0 Å². The lowest BCUT2D eigenvalue weighted by Crippen LogP contribution is -2.42. The Morgan fingerprint density at radius 1 is 1.18 bits per heavy atom. The molecule has 0 aromatic heterocycles. The summed E-state index contributed by atoms with van der Waals surface area (Å²) in [6, 6.07) is 7.82. The van der Waals surface area contributed by atoms with Crippen molar-refractivity contribution in [2.75, 3.05) is 26.2 Å². The molecule has 2 N–H and O–H groups in total. The van der Waals surface area contributed by atoms with Crippen molar-refractivity contribution in [3.63, 3.8) is 0 Å². The average molecular weight is 306 g/mol. The van der Waals surface area contributed by atoms with Crippen molar-refractivity contribution in [1.29, 1.82) is 0 Å². The fourth-order valence-corrected chi connectivity index (χ4v) is 2.02. The Hall–Kier alpha value is -1.55. The van der Waals surface area contributed by atoms with E-state index in [9.17, 15) is 4.79 Å². The molecule has 0 saturated carbocycles. The Morgan fingerprint density at radius 3 is 2.36 bits per heavy atom. The average Bonchev–Trinajstić information content (AvgIpc) is 2.49. The van der Waals surface area contributed by atoms with Crippen molar-refractivity contribution >= 4 is 5.91 Å². The highest BCUT2D eigenvalue weighted by Crippen LogP contribution is 2.25. The van der Waals surface area contributed by atoms with Crippen molar-refractivity contribution in [1.82, 2.24) is 10.6 Å². The Labute approximate surface area is 134 Å². The second kappa shape index (κ2) is 8.79. The first-order valence-corrected chi connectivity index (χ1v) is 8.10. The van der Waals surface area contributed by atoms with Crippen LogP contribution < -0.4 is 15.4 Å². The first kappa shape index (κ1) is 18.5. The monoisotopic (exact) mass is 306 g/mol. The summed E-state index contributed by atoms with van der Waals surface area (Å²) in [5.74, 6) is 1.39. The zero-order valence-corrected chi connectivity index (χ0v) is 14.5. The minimum absolute atomic E-state index is 0.0428. The fraction of sp³-hybridized carbons (Fsp3) is 0.611. The van der Waals surface area contributed by atoms with Gasteiger partial charge in [-0.1, -0.05) is 32.9 Å². The number of amides is 1. The van der Waals surface area contributed by atoms with E-state index in [0.717, 1.165) is 24.4 Å². The van der Waals surface area contributed by atoms with Gasteiger partial charge in [0.2, 0.25) is 5.91 Å². The Bertz CT molecular complexity index is 453. The molecule has 0 spiro atoms. The lowest BCUT2D eigenvalue weighted by molar-refractivity contribution is -0.125. The van der Waals surface area contributed by atoms with Crippen molar-refractivity contribution in [3.05, 3.63) is 29.8 Å². The van der Waals surface area contributed by atoms with E-state index in [1.165, 1.54) is 0 Å². The number of nitrogens with one attached hydrogen (secondary N) is 2. The first-order valence-electron chi connectivity index (χ1n) is 8.10. The minimum atomic E-state index is -0.553. The van der Waals surface area contributed by atoms with E-state index >= 15 is 0 Å². The third-order valence-electron chi connectivity index (χ3n) is 3.56. The van der Waals surface area contributed by atoms with Crippen molar-refractivity contribution in [3.8, 4) is 5.75 Å². The zero-order chi connectivity index (χ0) is 16.6. The standard InChI is InChI=1S/C18H30N2O2/c1-6-19-11-12-20-17(21)18(4,5)15-7-9-16(10-8-15)22-13-14(2)3/h7-10,14,19H,6,11-13H2,1-5H3,(H,20,21). The van der Waals surface area contributed by atoms with Crippen LogP contribution in [0, 0.1) is 5.92 Å². The summed E-state index contributed by atoms with van der Waals surface area (Å²) in [5.41, 5.74) is 0.438. The van der Waals surface area contributed by atoms with Gasteiger partial charge in [0.15, 0.2) is 0 Å². The van der Waals surface area contributed by atoms with Crippen LogP contribution in [0.1, 0.15) is 40.2 Å². The molecule has 0 unspecified atom stereocenters. The molecule has 0 saturated heterocycles. The molecule has 1 aromatic carbocycles. The van der Waals surface area contributed by atoms with Crippen molar-refractivity contribution < 1.29 is 9.53 Å². The Kier molecular flexibility index (Phi) is 7.39. The van der Waals surface area contributed by atoms with Gasteiger partial charge in [-0.3, -0.25) is 4.79 Å². The van der Waals surface area contributed by atoms with Crippen LogP contribution in [0.4, 0.5) is 0 Å². The molecule has 0 aliphatic rings. The molecule has 4 heteroatoms. The molecule has 1 amide bonds. The van der Waals surface area contributed by atoms with Crippen LogP contribution in [-0.4, -0.2) is 32.1 Å². The van der Waals surface area contributed by atoms with Gasteiger partial charge < -0.3 is 15.4 Å². The van der Waals surface area contributed by atoms with E-state index in [1.54, 1.807) is 0 Å². The summed E-state index contributed by atoms with van der Waals surface area (Å²) in [6.07, 6.45) is 0. The van der Waals surface area contributed by atoms with E-state index in [2.05, 4.69) is 31.4 Å². The van der Waals surface area contributed by atoms with Crippen molar-refractivity contribution in [2.45, 2.75) is 40.0 Å². The van der Waals surface area contributed by atoms with Crippen LogP contribution >= 0.6 is 0 Å². The van der Waals surface area contributed by atoms with Crippen LogP contribution in [0.5, 0.6) is 5.75 Å². The summed E-state index contributed by atoms with van der Waals surface area (Å²) in [5, 5.41) is 6.17. The molecule has 0 atom stereocenters. The highest BCUT2D eigenvalue weighted by Gasteiger charge is 2.29. The van der Waals surface area contributed by atoms with Gasteiger partial charge in [0.1, 0.15) is 5.75 Å². The predicted molar refractivity (Wildman–Crippen MR) is 91.4 cm³/mol. The van der Waals surface area contributed by atoms with Gasteiger partial charge in [0, 0.05) is 13.1 Å². The van der Waals surface area contributed by atoms with E-state index in [4.69, 9.17) is 4.74 Å². The maximum Gasteiger partial charge on any atom is 0.230 e. The predicted octanol–water partition coefficient (Wildman–Crippen LogP) is 2.72. The molecule has 4 nitrogen and oxygen atoms in total. The van der Waals surface area contributed by atoms with Gasteiger partial charge in [-0.2, -0.15) is 0 Å². The number of benzene rings is 1. The molecular weight excluding hydrogens is 276 g/mol. The van der Waals surface area contributed by atoms with Gasteiger partial charge in [-0.15, -0.1) is 0 Å². The molecule has 0 bridgehead atoms. The molecule has 22 heavy (non-hydrogen) atoms. The lowest BCUT2D eigenvalue weighted by Gasteiger charge is -2.24. The maximum atomic E-state index is 12.4. The molecule has 0 aliphatic heterocycles. The Balaban J connectivity index is 2.61. The third-order valence-corrected chi connectivity index (χ3v) is 3.56. The van der Waals surface area contributed by atoms with Gasteiger partial charge in [-0.25, -0.2) is 0 Å². The molecule has 0 radical (unpaired) electrons. The summed E-state index contributed by atoms with van der Waals surface area (Å²) in [7, 11) is 0. The highest BCUT2D eigenvalue weighted by molar-refractivity contribution is 5.87. The SMILES string of the molecule is CCNCCNC(=O)C(C)(C)c1ccc(OCC(C)C)cc1. The second-order valence-corrected chi connectivity index (χ2v) is 6.46. The van der Waals surface area contributed by atoms with E-state index in [-0.39, 0.29) is 5.91 Å². The summed E-state index contributed by atoms with van der Waals surface area (Å²) < 4.78 is 5.68. The van der Waals surface area contributed by atoms with Gasteiger partial charge in [0.05, 0.1) is 12.0 Å². The summed E-state index contributed by atoms with van der Waals surface area (Å²) in [6.45, 7) is 13.2. The quantitative estimate of drug-likeness (QED) is 0.690. The minimum Gasteiger partial charge on any atom is -0.493 e. The summed E-state index contributed by atoms with van der Waals surface area (Å²) >= 11 is 0. The summed E-state index contributed by atoms with van der Waals surface area (Å²) in [4.78, 5) is 12.4. The molecule has 0 heterocycles. The topological polar surface area (TPSA) is 50.4 Å². The molecule has 1 rings (SSSR count). The van der Waals surface area contributed by atoms with E-state index in [0.29, 0.717) is 19.1 Å². The second-order valence-electron chi connectivity index (χ2n) is 6.46. The molecule has 124 valence electrons. The van der Waals surface area contributed by atoms with E-state index in [1.807, 2.05) is 38.1 Å². The largest absolute Gasteiger partial charge is 0.493 e. The lowest BCUT2D eigenvalue weighted by atomic mass is 9.83. The maximum absolute atomic E-state index is 12.4. The first-order chi connectivity index (χ1) is 10.4. The van der Waals surface area contributed by atoms with Crippen LogP contribution in [0.15, 0.2) is 24.3 Å². The Morgan fingerprint density at radius 2 is 1.82 bits per heavy atom. The van der Waals surface area contributed by atoms with Crippen molar-refractivity contribution in [2.24, 2.45) is 5.92 Å². The van der Waals surface area contributed by atoms with Crippen LogP contribution in [0.3, 0.4) is 0 Å². The van der Waals surface area contributed by atoms with Gasteiger partial charge in [-0.05, 0) is 44.0 Å². The van der Waals surface area contributed by atoms with Crippen LogP contribution in [-0.2, 0) is 10.2 Å². The molecular formula is C18H30N2O2. The highest BCUT2D eigenvalue weighted by atomic mass is 16.5. The number of hydrogen-bond acceptors (Lipinski definition) is 3. The fourth-order valence-electron chi connectivity index (χ4n) is 2.02. The number of ether oxygens (including phenoxy) is 1. The molecule has 1 aromatic rings. The van der Waals surface area contributed by atoms with Gasteiger partial charge >= 0.3 is 0 Å². The van der Waals surface area contributed by atoms with Gasteiger partial charge in [0.25, 0.3) is 0 Å². The molecule has 0 fully saturated rings. The van der Waals surface area contributed by atoms with E-state index < -0.39 is 5.41 Å². The third kappa shape index (κ3) is 5.68. The number of hydrogen-bond donors (Lipinski definition) is 2. The smallest absolute Gasteiger partial charge is 0.230 e. The van der Waals surface area contributed by atoms with Crippen LogP contribution in [0.25, 0.3) is 0 Å². The number of carbonyl (C=O) groups is 1. The molecule has 0 aliphatic carbocycles. The number of likely N-dealkylation sites (N-methyl/N-ethyl adjacent to an activating group) is 1. The number of carbonyl (C=O) groups excluding carboxylic acids is 1. The normalized spacial score (nSPS) is 11.5.